The van der Waals surface area contributed by atoms with E-state index in [1.165, 1.54) is 24.3 Å². The van der Waals surface area contributed by atoms with E-state index in [9.17, 15) is 123 Å². The van der Waals surface area contributed by atoms with Gasteiger partial charge in [-0.15, -0.1) is 0 Å². The number of ether oxygens (including phenoxy) is 1. The first kappa shape index (κ1) is 75.8. The van der Waals surface area contributed by atoms with Crippen molar-refractivity contribution < 1.29 is 190 Å². The van der Waals surface area contributed by atoms with E-state index >= 15 is 52.7 Å². The Bertz CT molecular complexity index is 2540. The number of carbonyl (C=O) groups excluding carboxylic acids is 1. The van der Waals surface area contributed by atoms with Crippen molar-refractivity contribution in [1.29, 1.82) is 0 Å². The monoisotopic (exact) mass is 1380 g/mol. The van der Waals surface area contributed by atoms with Crippen LogP contribution in [0.2, 0.25) is 18.1 Å². The highest BCUT2D eigenvalue weighted by Crippen LogP contribution is 2.65. The number of amides is 1. The smallest absolute Gasteiger partial charge is 0.460 e. The van der Waals surface area contributed by atoms with Crippen LogP contribution in [0.15, 0.2) is 69.9 Å². The van der Waals surface area contributed by atoms with Crippen LogP contribution in [0.25, 0.3) is 0 Å². The standard InChI is InChI=1S/C42H28F39NO4Si/c43-25(44,28(49,50)31(55,56)34(61,62)37(67,68)40(73,74)75)9-14-87(15-10-26(45,46)29(51,52)32(57,58)35(63,64)38(69,70)41(76,77)78,16-11-27(47,48)30(53,54)33(59,60)36(65,66)39(71,72)42(79,80)81)23-7-5-20(6-8-23)19-86-24(83)82(17-21-3-1-12-84-21)18-22-4-2-13-85-22/h1-8,12-13H,9-11,14-19H2. The van der Waals surface area contributed by atoms with Gasteiger partial charge in [-0.3, -0.25) is 4.90 Å². The summed E-state index contributed by atoms with van der Waals surface area (Å²) in [4.78, 5) is 13.8. The number of alkyl halides is 39. The minimum atomic E-state index is -8.95. The molecular formula is C42H28F39NO4Si. The lowest BCUT2D eigenvalue weighted by Gasteiger charge is -2.43. The highest BCUT2D eigenvalue weighted by molar-refractivity contribution is 6.92. The lowest BCUT2D eigenvalue weighted by Crippen LogP contribution is -2.70. The summed E-state index contributed by atoms with van der Waals surface area (Å²) >= 11 is 0. The summed E-state index contributed by atoms with van der Waals surface area (Å²) in [6.07, 6.45) is -36.5. The van der Waals surface area contributed by atoms with Crippen LogP contribution in [0.1, 0.15) is 36.3 Å². The van der Waals surface area contributed by atoms with Gasteiger partial charge in [-0.25, -0.2) is 4.79 Å². The summed E-state index contributed by atoms with van der Waals surface area (Å²) < 4.78 is 566. The second-order valence-corrected chi connectivity index (χ2v) is 23.2. The van der Waals surface area contributed by atoms with E-state index in [1.54, 1.807) is 0 Å². The maximum atomic E-state index is 15.5. The fourth-order valence-electron chi connectivity index (χ4n) is 7.43. The molecular weight excluding hydrogens is 1350 g/mol. The van der Waals surface area contributed by atoms with E-state index in [-0.39, 0.29) is 35.8 Å². The van der Waals surface area contributed by atoms with Crippen LogP contribution in [0, 0.1) is 0 Å². The molecule has 3 rings (SSSR count). The van der Waals surface area contributed by atoms with E-state index in [1.807, 2.05) is 0 Å². The van der Waals surface area contributed by atoms with Gasteiger partial charge >= 0.3 is 113 Å². The summed E-state index contributed by atoms with van der Waals surface area (Å²) in [6.45, 7) is -2.55. The number of hydrogen-bond donors (Lipinski definition) is 0. The van der Waals surface area contributed by atoms with Crippen molar-refractivity contribution >= 4 is 19.4 Å². The van der Waals surface area contributed by atoms with Crippen LogP contribution in [0.5, 0.6) is 0 Å². The number of hydrogen-bond acceptors (Lipinski definition) is 4. The Kier molecular flexibility index (Phi) is 20.1. The maximum Gasteiger partial charge on any atom is 0.460 e. The van der Waals surface area contributed by atoms with E-state index < -0.39 is 189 Å². The molecule has 0 saturated carbocycles. The number of halogens is 39. The highest BCUT2D eigenvalue weighted by atomic mass is 28.3. The van der Waals surface area contributed by atoms with Crippen molar-refractivity contribution in [3.8, 4) is 0 Å². The maximum absolute atomic E-state index is 15.5. The van der Waals surface area contributed by atoms with Gasteiger partial charge < -0.3 is 13.6 Å². The van der Waals surface area contributed by atoms with E-state index in [0.717, 1.165) is 12.5 Å². The van der Waals surface area contributed by atoms with Gasteiger partial charge in [-0.05, 0) is 48.0 Å². The molecule has 87 heavy (non-hydrogen) atoms. The molecule has 2 heterocycles. The van der Waals surface area contributed by atoms with Crippen LogP contribution in [0.4, 0.5) is 176 Å². The predicted molar refractivity (Wildman–Crippen MR) is 209 cm³/mol. The zero-order chi connectivity index (χ0) is 68.5. The zero-order valence-corrected chi connectivity index (χ0v) is 42.0. The molecule has 5 nitrogen and oxygen atoms in total. The summed E-state index contributed by atoms with van der Waals surface area (Å²) in [6, 6.07) is -5.71. The van der Waals surface area contributed by atoms with Gasteiger partial charge in [-0.2, -0.15) is 171 Å². The SMILES string of the molecule is O=C(OCc1ccc([Si](CCC(F)(F)C(F)(F)C(F)(F)C(F)(F)C(F)(F)C(F)(F)F)(CCC(F)(F)C(F)(F)C(F)(F)C(F)(F)C(F)(F)C(F)(F)F)CCC(F)(F)C(F)(F)C(F)(F)C(F)(F)C(F)(F)C(F)(F)F)cc1)N(Cc1ccco1)Cc1ccco1. The minimum Gasteiger partial charge on any atom is -0.467 e. The van der Waals surface area contributed by atoms with Crippen LogP contribution in [-0.4, -0.2) is 126 Å². The fourth-order valence-corrected chi connectivity index (χ4v) is 12.3. The molecule has 1 amide bonds. The Morgan fingerprint density at radius 2 is 0.609 bits per heavy atom. The van der Waals surface area contributed by atoms with Crippen molar-refractivity contribution in [2.24, 2.45) is 0 Å². The Morgan fingerprint density at radius 1 is 0.356 bits per heavy atom. The van der Waals surface area contributed by atoms with Crippen LogP contribution >= 0.6 is 0 Å². The molecule has 0 spiro atoms. The summed E-state index contributed by atoms with van der Waals surface area (Å²) in [5.74, 6) is -129. The molecule has 0 aliphatic rings. The Labute approximate surface area is 456 Å². The summed E-state index contributed by atoms with van der Waals surface area (Å²) in [5.41, 5.74) is -0.844. The molecule has 502 valence electrons. The topological polar surface area (TPSA) is 55.8 Å². The molecule has 3 aromatic rings. The largest absolute Gasteiger partial charge is 0.467 e. The molecule has 0 fully saturated rings. The van der Waals surface area contributed by atoms with Gasteiger partial charge in [0, 0.05) is 19.3 Å². The fraction of sp³-hybridized carbons (Fsp3) is 0.643. The average Bonchev–Trinajstić information content (AvgIpc) is 0.989. The lowest BCUT2D eigenvalue weighted by atomic mass is 9.93. The van der Waals surface area contributed by atoms with Crippen LogP contribution in [-0.2, 0) is 24.4 Å². The van der Waals surface area contributed by atoms with Crippen molar-refractivity contribution in [1.82, 2.24) is 4.90 Å². The number of rotatable bonds is 28. The second-order valence-electron chi connectivity index (χ2n) is 18.5. The Balaban J connectivity index is 2.46. The Hall–Kier alpha value is -5.46. The lowest BCUT2D eigenvalue weighted by molar-refractivity contribution is -0.440. The molecule has 45 heteroatoms. The third kappa shape index (κ3) is 12.7. The van der Waals surface area contributed by atoms with Crippen molar-refractivity contribution in [2.45, 2.75) is 164 Å². The molecule has 0 N–H and O–H groups in total. The van der Waals surface area contributed by atoms with Gasteiger partial charge in [0.25, 0.3) is 0 Å². The molecule has 0 bridgehead atoms. The zero-order valence-electron chi connectivity index (χ0n) is 41.0. The highest BCUT2D eigenvalue weighted by Gasteiger charge is 2.93. The van der Waals surface area contributed by atoms with Gasteiger partial charge in [-0.1, -0.05) is 29.5 Å². The molecule has 0 unspecified atom stereocenters. The molecule has 0 aliphatic heterocycles. The minimum absolute atomic E-state index is 0.0653. The van der Waals surface area contributed by atoms with Crippen molar-refractivity contribution in [3.05, 3.63) is 78.1 Å². The summed E-state index contributed by atoms with van der Waals surface area (Å²) in [5, 5.41) is -2.01. The van der Waals surface area contributed by atoms with Crippen LogP contribution < -0.4 is 5.19 Å². The first-order chi connectivity index (χ1) is 38.3. The number of benzene rings is 1. The van der Waals surface area contributed by atoms with E-state index in [0.29, 0.717) is 4.90 Å². The number of nitrogens with zero attached hydrogens (tertiary/aromatic N) is 1. The molecule has 0 saturated heterocycles. The molecule has 0 radical (unpaired) electrons. The molecule has 0 aliphatic carbocycles. The van der Waals surface area contributed by atoms with Gasteiger partial charge in [0.1, 0.15) is 18.1 Å². The first-order valence-electron chi connectivity index (χ1n) is 22.2. The molecule has 0 atom stereocenters. The van der Waals surface area contributed by atoms with Gasteiger partial charge in [0.05, 0.1) is 33.7 Å². The van der Waals surface area contributed by atoms with Crippen molar-refractivity contribution in [3.63, 3.8) is 0 Å². The van der Waals surface area contributed by atoms with Crippen molar-refractivity contribution in [2.75, 3.05) is 0 Å². The number of furan rings is 2. The number of carbonyl (C=O) groups is 1. The molecule has 1 aromatic carbocycles. The second kappa shape index (κ2) is 23.1. The van der Waals surface area contributed by atoms with Gasteiger partial charge in [0.2, 0.25) is 0 Å². The first-order valence-corrected chi connectivity index (χ1v) is 24.8. The summed E-state index contributed by atoms with van der Waals surface area (Å²) in [7, 11) is -7.27. The average molecular weight is 1380 g/mol. The predicted octanol–water partition coefficient (Wildman–Crippen LogP) is 18.3. The van der Waals surface area contributed by atoms with E-state index in [2.05, 4.69) is 0 Å². The van der Waals surface area contributed by atoms with Gasteiger partial charge in [0.15, 0.2) is 0 Å². The van der Waals surface area contributed by atoms with E-state index in [4.69, 9.17) is 13.6 Å². The third-order valence-corrected chi connectivity index (χ3v) is 18.0. The quantitative estimate of drug-likeness (QED) is 0.0537. The Morgan fingerprint density at radius 3 is 0.839 bits per heavy atom. The normalized spacial score (nSPS) is 15.5. The third-order valence-electron chi connectivity index (χ3n) is 12.8. The molecule has 2 aromatic heterocycles. The van der Waals surface area contributed by atoms with Crippen LogP contribution in [0.3, 0.4) is 0 Å².